The maximum Gasteiger partial charge on any atom is 0.232 e. The number of hydrogen-bond donors (Lipinski definition) is 2. The zero-order valence-corrected chi connectivity index (χ0v) is 10.3. The van der Waals surface area contributed by atoms with Crippen LogP contribution in [0.4, 0.5) is 0 Å². The van der Waals surface area contributed by atoms with Crippen LogP contribution in [0.15, 0.2) is 0 Å². The molecular formula is C11H20N2OS. The summed E-state index contributed by atoms with van der Waals surface area (Å²) in [6.45, 7) is 3.76. The van der Waals surface area contributed by atoms with E-state index in [1.807, 2.05) is 13.8 Å². The lowest BCUT2D eigenvalue weighted by Crippen LogP contribution is -2.49. The molecule has 0 aromatic carbocycles. The molecule has 1 fully saturated rings. The Bertz CT molecular complexity index is 261. The van der Waals surface area contributed by atoms with Gasteiger partial charge < -0.3 is 11.1 Å². The summed E-state index contributed by atoms with van der Waals surface area (Å²) in [6, 6.07) is 0.331. The second-order valence-electron chi connectivity index (χ2n) is 4.50. The predicted octanol–water partition coefficient (Wildman–Crippen LogP) is 1.75. The van der Waals surface area contributed by atoms with Gasteiger partial charge in [0.15, 0.2) is 0 Å². The van der Waals surface area contributed by atoms with Crippen LogP contribution >= 0.6 is 12.2 Å². The Morgan fingerprint density at radius 3 is 2.47 bits per heavy atom. The third-order valence-electron chi connectivity index (χ3n) is 3.44. The molecule has 1 aliphatic rings. The highest BCUT2D eigenvalue weighted by molar-refractivity contribution is 7.80. The standard InChI is InChI=1S/C11H20N2OS/c1-3-11(2,9(12)15)10(14)13-8-6-4-5-7-8/h8H,3-7H2,1-2H3,(H2,12,15)(H,13,14). The minimum absolute atomic E-state index is 0.00981. The van der Waals surface area contributed by atoms with Crippen LogP contribution < -0.4 is 11.1 Å². The second-order valence-corrected chi connectivity index (χ2v) is 4.94. The molecule has 1 amide bonds. The van der Waals surface area contributed by atoms with Crippen LogP contribution in [0.3, 0.4) is 0 Å². The molecule has 1 rings (SSSR count). The van der Waals surface area contributed by atoms with Gasteiger partial charge in [-0.1, -0.05) is 32.0 Å². The molecule has 4 heteroatoms. The minimum Gasteiger partial charge on any atom is -0.392 e. The van der Waals surface area contributed by atoms with Crippen molar-refractivity contribution in [3.63, 3.8) is 0 Å². The van der Waals surface area contributed by atoms with Gasteiger partial charge in [-0.25, -0.2) is 0 Å². The maximum absolute atomic E-state index is 12.0. The average Bonchev–Trinajstić information content (AvgIpc) is 2.68. The number of carbonyl (C=O) groups is 1. The predicted molar refractivity (Wildman–Crippen MR) is 65.6 cm³/mol. The topological polar surface area (TPSA) is 55.1 Å². The van der Waals surface area contributed by atoms with Gasteiger partial charge >= 0.3 is 0 Å². The molecule has 1 saturated carbocycles. The van der Waals surface area contributed by atoms with E-state index in [0.29, 0.717) is 17.5 Å². The summed E-state index contributed by atoms with van der Waals surface area (Å²) in [5, 5.41) is 3.05. The van der Waals surface area contributed by atoms with Gasteiger partial charge in [0.1, 0.15) is 0 Å². The van der Waals surface area contributed by atoms with Crippen molar-refractivity contribution in [2.45, 2.75) is 52.0 Å². The molecule has 86 valence electrons. The first-order chi connectivity index (χ1) is 7.00. The highest BCUT2D eigenvalue weighted by Crippen LogP contribution is 2.24. The van der Waals surface area contributed by atoms with Gasteiger partial charge in [0, 0.05) is 6.04 Å². The average molecular weight is 228 g/mol. The zero-order valence-electron chi connectivity index (χ0n) is 9.51. The molecule has 0 heterocycles. The Kier molecular flexibility index (Phi) is 4.08. The number of nitrogens with one attached hydrogen (secondary N) is 1. The Morgan fingerprint density at radius 1 is 1.53 bits per heavy atom. The first-order valence-corrected chi connectivity index (χ1v) is 6.02. The minimum atomic E-state index is -0.683. The van der Waals surface area contributed by atoms with Gasteiger partial charge in [0.05, 0.1) is 10.4 Å². The molecular weight excluding hydrogens is 208 g/mol. The lowest BCUT2D eigenvalue weighted by atomic mass is 9.86. The fourth-order valence-electron chi connectivity index (χ4n) is 1.86. The highest BCUT2D eigenvalue weighted by atomic mass is 32.1. The molecule has 0 bridgehead atoms. The van der Waals surface area contributed by atoms with Crippen LogP contribution in [-0.2, 0) is 4.79 Å². The lowest BCUT2D eigenvalue weighted by molar-refractivity contribution is -0.127. The molecule has 0 saturated heterocycles. The summed E-state index contributed by atoms with van der Waals surface area (Å²) in [7, 11) is 0. The van der Waals surface area contributed by atoms with E-state index < -0.39 is 5.41 Å². The van der Waals surface area contributed by atoms with Crippen molar-refractivity contribution in [2.24, 2.45) is 11.1 Å². The van der Waals surface area contributed by atoms with Crippen LogP contribution in [-0.4, -0.2) is 16.9 Å². The smallest absolute Gasteiger partial charge is 0.232 e. The van der Waals surface area contributed by atoms with Crippen LogP contribution in [0.2, 0.25) is 0 Å². The Balaban J connectivity index is 2.60. The lowest BCUT2D eigenvalue weighted by Gasteiger charge is -2.27. The van der Waals surface area contributed by atoms with E-state index in [-0.39, 0.29) is 5.91 Å². The molecule has 1 unspecified atom stereocenters. The van der Waals surface area contributed by atoms with E-state index in [9.17, 15) is 4.79 Å². The molecule has 0 aliphatic heterocycles. The van der Waals surface area contributed by atoms with Crippen molar-refractivity contribution in [3.8, 4) is 0 Å². The van der Waals surface area contributed by atoms with Crippen molar-refractivity contribution >= 4 is 23.1 Å². The second kappa shape index (κ2) is 4.92. The molecule has 0 spiro atoms. The third kappa shape index (κ3) is 2.68. The number of carbonyl (C=O) groups excluding carboxylic acids is 1. The van der Waals surface area contributed by atoms with Crippen molar-refractivity contribution in [1.29, 1.82) is 0 Å². The molecule has 0 aromatic heterocycles. The van der Waals surface area contributed by atoms with Gasteiger partial charge in [0.25, 0.3) is 0 Å². The van der Waals surface area contributed by atoms with E-state index in [0.717, 1.165) is 12.8 Å². The number of amides is 1. The van der Waals surface area contributed by atoms with Crippen molar-refractivity contribution in [2.75, 3.05) is 0 Å². The molecule has 0 radical (unpaired) electrons. The van der Waals surface area contributed by atoms with E-state index in [1.54, 1.807) is 0 Å². The Hall–Kier alpha value is -0.640. The summed E-state index contributed by atoms with van der Waals surface area (Å²) in [6.07, 6.45) is 5.24. The number of rotatable bonds is 4. The molecule has 0 aromatic rings. The third-order valence-corrected chi connectivity index (χ3v) is 3.89. The summed E-state index contributed by atoms with van der Waals surface area (Å²) >= 11 is 4.96. The normalized spacial score (nSPS) is 20.9. The molecule has 3 nitrogen and oxygen atoms in total. The zero-order chi connectivity index (χ0) is 11.5. The van der Waals surface area contributed by atoms with Gasteiger partial charge in [0.2, 0.25) is 5.91 Å². The van der Waals surface area contributed by atoms with E-state index >= 15 is 0 Å². The SMILES string of the molecule is CCC(C)(C(=O)NC1CCCC1)C(N)=S. The number of thiocarbonyl (C=S) groups is 1. The van der Waals surface area contributed by atoms with Crippen molar-refractivity contribution < 1.29 is 4.79 Å². The molecule has 1 atom stereocenters. The van der Waals surface area contributed by atoms with Gasteiger partial charge in [-0.2, -0.15) is 0 Å². The van der Waals surface area contributed by atoms with E-state index in [1.165, 1.54) is 12.8 Å². The van der Waals surface area contributed by atoms with Crippen molar-refractivity contribution in [3.05, 3.63) is 0 Å². The number of nitrogens with two attached hydrogens (primary N) is 1. The highest BCUT2D eigenvalue weighted by Gasteiger charge is 2.35. The molecule has 15 heavy (non-hydrogen) atoms. The van der Waals surface area contributed by atoms with Gasteiger partial charge in [-0.3, -0.25) is 4.79 Å². The van der Waals surface area contributed by atoms with E-state index in [2.05, 4.69) is 5.32 Å². The maximum atomic E-state index is 12.0. The summed E-state index contributed by atoms with van der Waals surface area (Å²) in [5.41, 5.74) is 4.94. The molecule has 1 aliphatic carbocycles. The summed E-state index contributed by atoms with van der Waals surface area (Å²) < 4.78 is 0. The molecule has 3 N–H and O–H groups in total. The quantitative estimate of drug-likeness (QED) is 0.721. The Labute approximate surface area is 96.8 Å². The largest absolute Gasteiger partial charge is 0.392 e. The van der Waals surface area contributed by atoms with Gasteiger partial charge in [-0.05, 0) is 26.2 Å². The Morgan fingerprint density at radius 2 is 2.07 bits per heavy atom. The van der Waals surface area contributed by atoms with E-state index in [4.69, 9.17) is 18.0 Å². The first kappa shape index (κ1) is 12.4. The first-order valence-electron chi connectivity index (χ1n) is 5.61. The van der Waals surface area contributed by atoms with Gasteiger partial charge in [-0.15, -0.1) is 0 Å². The summed E-state index contributed by atoms with van der Waals surface area (Å²) in [4.78, 5) is 12.3. The van der Waals surface area contributed by atoms with Crippen molar-refractivity contribution in [1.82, 2.24) is 5.32 Å². The van der Waals surface area contributed by atoms with Crippen LogP contribution in [0, 0.1) is 5.41 Å². The van der Waals surface area contributed by atoms with Crippen LogP contribution in [0.25, 0.3) is 0 Å². The summed E-state index contributed by atoms with van der Waals surface area (Å²) in [5.74, 6) is -0.00981. The fraction of sp³-hybridized carbons (Fsp3) is 0.818. The monoisotopic (exact) mass is 228 g/mol. The fourth-order valence-corrected chi connectivity index (χ4v) is 2.10. The van der Waals surface area contributed by atoms with Crippen LogP contribution in [0.1, 0.15) is 46.0 Å². The number of hydrogen-bond acceptors (Lipinski definition) is 2. The van der Waals surface area contributed by atoms with Crippen LogP contribution in [0.5, 0.6) is 0 Å².